The molecule has 0 amide bonds. The van der Waals surface area contributed by atoms with E-state index in [1.54, 1.807) is 14.2 Å². The van der Waals surface area contributed by atoms with Gasteiger partial charge in [-0.25, -0.2) is 0 Å². The van der Waals surface area contributed by atoms with Crippen LogP contribution in [0.2, 0.25) is 0 Å². The highest BCUT2D eigenvalue weighted by Crippen LogP contribution is 2.34. The second-order valence-electron chi connectivity index (χ2n) is 4.48. The highest BCUT2D eigenvalue weighted by Gasteiger charge is 2.08. The SMILES string of the molecule is CCCc1ccccc1Oc1ccc(OC)c(OC)c1. The first-order valence-electron chi connectivity index (χ1n) is 6.76. The van der Waals surface area contributed by atoms with Crippen molar-refractivity contribution in [3.05, 3.63) is 48.0 Å². The standard InChI is InChI=1S/C17H20O3/c1-4-7-13-8-5-6-9-15(13)20-14-10-11-16(18-2)17(12-14)19-3/h5-6,8-12H,4,7H2,1-3H3. The monoisotopic (exact) mass is 272 g/mol. The molecule has 0 unspecified atom stereocenters. The van der Waals surface area contributed by atoms with Crippen LogP contribution >= 0.6 is 0 Å². The summed E-state index contributed by atoms with van der Waals surface area (Å²) in [6, 6.07) is 13.7. The van der Waals surface area contributed by atoms with Gasteiger partial charge in [-0.2, -0.15) is 0 Å². The minimum Gasteiger partial charge on any atom is -0.493 e. The van der Waals surface area contributed by atoms with E-state index in [2.05, 4.69) is 13.0 Å². The Kier molecular flexibility index (Phi) is 4.88. The summed E-state index contributed by atoms with van der Waals surface area (Å²) in [4.78, 5) is 0. The third-order valence-corrected chi connectivity index (χ3v) is 3.07. The summed E-state index contributed by atoms with van der Waals surface area (Å²) in [5, 5.41) is 0. The molecule has 2 aromatic carbocycles. The molecule has 0 atom stereocenters. The molecule has 2 aromatic rings. The summed E-state index contributed by atoms with van der Waals surface area (Å²) in [5.41, 5.74) is 1.21. The Hall–Kier alpha value is -2.16. The summed E-state index contributed by atoms with van der Waals surface area (Å²) in [7, 11) is 3.24. The van der Waals surface area contributed by atoms with Crippen LogP contribution in [0.25, 0.3) is 0 Å². The van der Waals surface area contributed by atoms with Gasteiger partial charge in [-0.1, -0.05) is 31.5 Å². The number of methoxy groups -OCH3 is 2. The minimum atomic E-state index is 0.665. The predicted molar refractivity (Wildman–Crippen MR) is 80.1 cm³/mol. The van der Waals surface area contributed by atoms with E-state index in [0.29, 0.717) is 11.5 Å². The molecular formula is C17H20O3. The van der Waals surface area contributed by atoms with Gasteiger partial charge in [-0.15, -0.1) is 0 Å². The Morgan fingerprint density at radius 2 is 1.60 bits per heavy atom. The first-order valence-corrected chi connectivity index (χ1v) is 6.76. The number of ether oxygens (including phenoxy) is 3. The second kappa shape index (κ2) is 6.85. The Morgan fingerprint density at radius 3 is 2.30 bits per heavy atom. The molecule has 106 valence electrons. The number of hydrogen-bond donors (Lipinski definition) is 0. The lowest BCUT2D eigenvalue weighted by molar-refractivity contribution is 0.352. The molecule has 0 fully saturated rings. The highest BCUT2D eigenvalue weighted by atomic mass is 16.5. The molecule has 0 N–H and O–H groups in total. The van der Waals surface area contributed by atoms with Gasteiger partial charge in [-0.3, -0.25) is 0 Å². The van der Waals surface area contributed by atoms with Gasteiger partial charge in [0, 0.05) is 6.07 Å². The molecule has 0 aliphatic carbocycles. The van der Waals surface area contributed by atoms with E-state index < -0.39 is 0 Å². The largest absolute Gasteiger partial charge is 0.493 e. The lowest BCUT2D eigenvalue weighted by Gasteiger charge is -2.13. The molecular weight excluding hydrogens is 252 g/mol. The van der Waals surface area contributed by atoms with Gasteiger partial charge in [0.05, 0.1) is 14.2 Å². The van der Waals surface area contributed by atoms with Gasteiger partial charge >= 0.3 is 0 Å². The van der Waals surface area contributed by atoms with E-state index >= 15 is 0 Å². The van der Waals surface area contributed by atoms with Crippen LogP contribution in [0.5, 0.6) is 23.0 Å². The topological polar surface area (TPSA) is 27.7 Å². The first-order chi connectivity index (χ1) is 9.78. The Balaban J connectivity index is 2.26. The fourth-order valence-corrected chi connectivity index (χ4v) is 2.09. The van der Waals surface area contributed by atoms with Crippen LogP contribution in [0.15, 0.2) is 42.5 Å². The van der Waals surface area contributed by atoms with Crippen molar-refractivity contribution in [1.82, 2.24) is 0 Å². The molecule has 0 saturated heterocycles. The van der Waals surface area contributed by atoms with Crippen LogP contribution < -0.4 is 14.2 Å². The van der Waals surface area contributed by atoms with E-state index in [1.165, 1.54) is 5.56 Å². The fraction of sp³-hybridized carbons (Fsp3) is 0.294. The Morgan fingerprint density at radius 1 is 0.850 bits per heavy atom. The number of para-hydroxylation sites is 1. The van der Waals surface area contributed by atoms with Crippen molar-refractivity contribution in [3.8, 4) is 23.0 Å². The summed E-state index contributed by atoms with van der Waals surface area (Å²) in [5.74, 6) is 2.99. The van der Waals surface area contributed by atoms with Gasteiger partial charge in [0.25, 0.3) is 0 Å². The number of benzene rings is 2. The van der Waals surface area contributed by atoms with Gasteiger partial charge in [-0.05, 0) is 30.2 Å². The smallest absolute Gasteiger partial charge is 0.164 e. The quantitative estimate of drug-likeness (QED) is 0.777. The molecule has 0 radical (unpaired) electrons. The van der Waals surface area contributed by atoms with E-state index in [-0.39, 0.29) is 0 Å². The zero-order valence-corrected chi connectivity index (χ0v) is 12.2. The lowest BCUT2D eigenvalue weighted by Crippen LogP contribution is -1.94. The molecule has 0 aromatic heterocycles. The first kappa shape index (κ1) is 14.3. The summed E-state index contributed by atoms with van der Waals surface area (Å²) < 4.78 is 16.5. The van der Waals surface area contributed by atoms with Crippen molar-refractivity contribution < 1.29 is 14.2 Å². The van der Waals surface area contributed by atoms with Crippen LogP contribution in [0.4, 0.5) is 0 Å². The van der Waals surface area contributed by atoms with Crippen LogP contribution in [-0.4, -0.2) is 14.2 Å². The van der Waals surface area contributed by atoms with Gasteiger partial charge < -0.3 is 14.2 Å². The highest BCUT2D eigenvalue weighted by molar-refractivity contribution is 5.47. The van der Waals surface area contributed by atoms with Crippen molar-refractivity contribution in [1.29, 1.82) is 0 Å². The predicted octanol–water partition coefficient (Wildman–Crippen LogP) is 4.45. The summed E-state index contributed by atoms with van der Waals surface area (Å²) in [6.07, 6.45) is 2.09. The van der Waals surface area contributed by atoms with Crippen molar-refractivity contribution >= 4 is 0 Å². The maximum Gasteiger partial charge on any atom is 0.164 e. The number of rotatable bonds is 6. The maximum atomic E-state index is 5.97. The average Bonchev–Trinajstić information content (AvgIpc) is 2.49. The zero-order chi connectivity index (χ0) is 14.4. The maximum absolute atomic E-state index is 5.97. The van der Waals surface area contributed by atoms with Crippen molar-refractivity contribution in [2.45, 2.75) is 19.8 Å². The molecule has 0 saturated carbocycles. The normalized spacial score (nSPS) is 10.2. The third-order valence-electron chi connectivity index (χ3n) is 3.07. The Bertz CT molecular complexity index is 564. The molecule has 20 heavy (non-hydrogen) atoms. The third kappa shape index (κ3) is 3.23. The van der Waals surface area contributed by atoms with Crippen LogP contribution in [0.3, 0.4) is 0 Å². The Labute approximate surface area is 120 Å². The molecule has 0 spiro atoms. The van der Waals surface area contributed by atoms with Gasteiger partial charge in [0.1, 0.15) is 11.5 Å². The second-order valence-corrected chi connectivity index (χ2v) is 4.48. The molecule has 3 heteroatoms. The lowest BCUT2D eigenvalue weighted by atomic mass is 10.1. The van der Waals surface area contributed by atoms with E-state index in [9.17, 15) is 0 Å². The molecule has 2 rings (SSSR count). The van der Waals surface area contributed by atoms with E-state index in [1.807, 2.05) is 36.4 Å². The number of aryl methyl sites for hydroxylation is 1. The van der Waals surface area contributed by atoms with E-state index in [0.717, 1.165) is 24.3 Å². The van der Waals surface area contributed by atoms with Crippen LogP contribution in [0, 0.1) is 0 Å². The van der Waals surface area contributed by atoms with E-state index in [4.69, 9.17) is 14.2 Å². The van der Waals surface area contributed by atoms with Crippen LogP contribution in [0.1, 0.15) is 18.9 Å². The van der Waals surface area contributed by atoms with Gasteiger partial charge in [0.15, 0.2) is 11.5 Å². The molecule has 0 bridgehead atoms. The average molecular weight is 272 g/mol. The van der Waals surface area contributed by atoms with Crippen molar-refractivity contribution in [2.75, 3.05) is 14.2 Å². The zero-order valence-electron chi connectivity index (χ0n) is 12.2. The fourth-order valence-electron chi connectivity index (χ4n) is 2.09. The van der Waals surface area contributed by atoms with Crippen molar-refractivity contribution in [2.24, 2.45) is 0 Å². The molecule has 0 aliphatic heterocycles. The summed E-state index contributed by atoms with van der Waals surface area (Å²) >= 11 is 0. The van der Waals surface area contributed by atoms with Gasteiger partial charge in [0.2, 0.25) is 0 Å². The van der Waals surface area contributed by atoms with Crippen molar-refractivity contribution in [3.63, 3.8) is 0 Å². The molecule has 3 nitrogen and oxygen atoms in total. The van der Waals surface area contributed by atoms with Crippen LogP contribution in [-0.2, 0) is 6.42 Å². The molecule has 0 aliphatic rings. The minimum absolute atomic E-state index is 0.665. The summed E-state index contributed by atoms with van der Waals surface area (Å²) in [6.45, 7) is 2.16. The number of hydrogen-bond acceptors (Lipinski definition) is 3. The molecule has 0 heterocycles.